The molecule has 0 aromatic heterocycles. The van der Waals surface area contributed by atoms with Gasteiger partial charge in [0.15, 0.2) is 6.29 Å². The topological polar surface area (TPSA) is 49.5 Å². The van der Waals surface area contributed by atoms with Gasteiger partial charge in [-0.25, -0.2) is 0 Å². The lowest BCUT2D eigenvalue weighted by Gasteiger charge is -2.32. The van der Waals surface area contributed by atoms with Crippen LogP contribution in [0.5, 0.6) is 5.75 Å². The molecule has 2 unspecified atom stereocenters. The fourth-order valence-corrected chi connectivity index (χ4v) is 3.28. The lowest BCUT2D eigenvalue weighted by molar-refractivity contribution is 0.00578. The smallest absolute Gasteiger partial charge is 0.489 e. The molecular weight excluding hydrogens is 355 g/mol. The van der Waals surface area contributed by atoms with Gasteiger partial charge in [0.2, 0.25) is 0 Å². The summed E-state index contributed by atoms with van der Waals surface area (Å²) in [4.78, 5) is 0. The van der Waals surface area contributed by atoms with Gasteiger partial charge in [-0.15, -0.1) is 0 Å². The van der Waals surface area contributed by atoms with Gasteiger partial charge in [-0.2, -0.15) is 0 Å². The minimum atomic E-state index is -0.424. The molecule has 5 nitrogen and oxygen atoms in total. The molecule has 2 fully saturated rings. The number of benzene rings is 2. The van der Waals surface area contributed by atoms with Crippen LogP contribution in [0.1, 0.15) is 44.9 Å². The fraction of sp³-hybridized carbons (Fsp3) is 0.455. The number of rotatable bonds is 6. The predicted molar refractivity (Wildman–Crippen MR) is 108 cm³/mol. The molecule has 0 spiro atoms. The zero-order chi connectivity index (χ0) is 19.9. The van der Waals surface area contributed by atoms with Crippen LogP contribution in [0.2, 0.25) is 0 Å². The normalized spacial score (nSPS) is 25.0. The van der Waals surface area contributed by atoms with Crippen LogP contribution in [0.3, 0.4) is 0 Å². The number of ether oxygens (including phenoxy) is 3. The third-order valence-corrected chi connectivity index (χ3v) is 5.79. The number of methoxy groups -OCH3 is 1. The highest BCUT2D eigenvalue weighted by molar-refractivity contribution is 6.62. The van der Waals surface area contributed by atoms with Crippen LogP contribution in [-0.2, 0) is 25.4 Å². The highest BCUT2D eigenvalue weighted by atomic mass is 16.8. The summed E-state index contributed by atoms with van der Waals surface area (Å²) in [5.41, 5.74) is 2.25. The third kappa shape index (κ3) is 3.70. The molecule has 0 amide bonds. The first-order valence-corrected chi connectivity index (χ1v) is 9.65. The van der Waals surface area contributed by atoms with Crippen molar-refractivity contribution in [3.8, 4) is 5.75 Å². The van der Waals surface area contributed by atoms with E-state index in [4.69, 9.17) is 23.5 Å². The molecule has 2 atom stereocenters. The van der Waals surface area contributed by atoms with Crippen LogP contribution in [-0.4, -0.2) is 31.7 Å². The van der Waals surface area contributed by atoms with Crippen molar-refractivity contribution in [3.63, 3.8) is 0 Å². The second kappa shape index (κ2) is 7.19. The fourth-order valence-electron chi connectivity index (χ4n) is 3.28. The molecule has 0 aliphatic carbocycles. The van der Waals surface area contributed by atoms with Crippen molar-refractivity contribution in [3.05, 3.63) is 59.7 Å². The molecule has 0 bridgehead atoms. The van der Waals surface area contributed by atoms with Crippen molar-refractivity contribution in [2.75, 3.05) is 7.11 Å². The molecule has 2 aromatic carbocycles. The first kappa shape index (κ1) is 19.5. The van der Waals surface area contributed by atoms with E-state index in [2.05, 4.69) is 27.7 Å². The van der Waals surface area contributed by atoms with Gasteiger partial charge < -0.3 is 23.5 Å². The van der Waals surface area contributed by atoms with Gasteiger partial charge in [0.1, 0.15) is 18.5 Å². The second-order valence-corrected chi connectivity index (χ2v) is 8.32. The van der Waals surface area contributed by atoms with Crippen LogP contribution in [0.4, 0.5) is 0 Å². The summed E-state index contributed by atoms with van der Waals surface area (Å²) < 4.78 is 29.5. The average molecular weight is 382 g/mol. The standard InChI is InChI=1S/C22H27BO5/c1-21(2)22(3,4)28-23(27-21)16-11-12-18(17(13-16)19-20(24-5)26-19)25-14-15-9-7-6-8-10-15/h6-13,19-20H,14H2,1-5H3. The highest BCUT2D eigenvalue weighted by Crippen LogP contribution is 2.43. The maximum atomic E-state index is 6.19. The molecule has 148 valence electrons. The van der Waals surface area contributed by atoms with E-state index in [9.17, 15) is 0 Å². The largest absolute Gasteiger partial charge is 0.494 e. The van der Waals surface area contributed by atoms with Crippen molar-refractivity contribution in [1.29, 1.82) is 0 Å². The van der Waals surface area contributed by atoms with E-state index >= 15 is 0 Å². The summed E-state index contributed by atoms with van der Waals surface area (Å²) in [7, 11) is 1.22. The van der Waals surface area contributed by atoms with E-state index in [0.717, 1.165) is 22.3 Å². The Balaban J connectivity index is 1.58. The average Bonchev–Trinajstić information content (AvgIpc) is 3.41. The Bertz CT molecular complexity index is 820. The van der Waals surface area contributed by atoms with Gasteiger partial charge >= 0.3 is 7.12 Å². The Morgan fingerprint density at radius 1 is 0.964 bits per heavy atom. The summed E-state index contributed by atoms with van der Waals surface area (Å²) in [6.07, 6.45) is -0.384. The Labute approximate surface area is 167 Å². The van der Waals surface area contributed by atoms with Crippen molar-refractivity contribution in [2.45, 2.75) is 57.9 Å². The van der Waals surface area contributed by atoms with Gasteiger partial charge in [0.05, 0.1) is 11.2 Å². The molecule has 2 aliphatic heterocycles. The minimum absolute atomic E-state index is 0.141. The van der Waals surface area contributed by atoms with Gasteiger partial charge in [0.25, 0.3) is 0 Å². The van der Waals surface area contributed by atoms with E-state index in [1.165, 1.54) is 0 Å². The SMILES string of the molecule is COC1OC1c1cc(B2OC(C)(C)C(C)(C)O2)ccc1OCc1ccccc1. The monoisotopic (exact) mass is 382 g/mol. The molecule has 0 N–H and O–H groups in total. The van der Waals surface area contributed by atoms with E-state index in [0.29, 0.717) is 6.61 Å². The van der Waals surface area contributed by atoms with Crippen molar-refractivity contribution < 1.29 is 23.5 Å². The first-order chi connectivity index (χ1) is 13.3. The molecule has 28 heavy (non-hydrogen) atoms. The molecule has 2 aromatic rings. The Hall–Kier alpha value is -1.86. The van der Waals surface area contributed by atoms with Gasteiger partial charge in [0, 0.05) is 12.7 Å². The van der Waals surface area contributed by atoms with Gasteiger partial charge in [-0.1, -0.05) is 42.5 Å². The Morgan fingerprint density at radius 3 is 2.25 bits per heavy atom. The second-order valence-electron chi connectivity index (χ2n) is 8.32. The lowest BCUT2D eigenvalue weighted by Crippen LogP contribution is -2.41. The summed E-state index contributed by atoms with van der Waals surface area (Å²) in [5, 5.41) is 0. The van der Waals surface area contributed by atoms with E-state index in [-0.39, 0.29) is 23.6 Å². The Kier molecular flexibility index (Phi) is 5.00. The van der Waals surface area contributed by atoms with Crippen LogP contribution in [0.15, 0.2) is 48.5 Å². The van der Waals surface area contributed by atoms with Crippen molar-refractivity contribution in [2.24, 2.45) is 0 Å². The maximum Gasteiger partial charge on any atom is 0.494 e. The first-order valence-electron chi connectivity index (χ1n) is 9.65. The zero-order valence-electron chi connectivity index (χ0n) is 17.1. The summed E-state index contributed by atoms with van der Waals surface area (Å²) in [6.45, 7) is 8.70. The van der Waals surface area contributed by atoms with Crippen molar-refractivity contribution >= 4 is 12.6 Å². The molecule has 0 radical (unpaired) electrons. The highest BCUT2D eigenvalue weighted by Gasteiger charge is 2.52. The molecule has 0 saturated carbocycles. The number of hydrogen-bond acceptors (Lipinski definition) is 5. The molecule has 2 heterocycles. The molecule has 2 saturated heterocycles. The van der Waals surface area contributed by atoms with E-state index < -0.39 is 7.12 Å². The van der Waals surface area contributed by atoms with E-state index in [1.54, 1.807) is 7.11 Å². The summed E-state index contributed by atoms with van der Waals surface area (Å²) >= 11 is 0. The van der Waals surface area contributed by atoms with Crippen molar-refractivity contribution in [1.82, 2.24) is 0 Å². The van der Waals surface area contributed by atoms with Crippen LogP contribution >= 0.6 is 0 Å². The quantitative estimate of drug-likeness (QED) is 0.564. The zero-order valence-corrected chi connectivity index (χ0v) is 17.1. The number of epoxide rings is 1. The lowest BCUT2D eigenvalue weighted by atomic mass is 9.78. The number of hydrogen-bond donors (Lipinski definition) is 0. The molecule has 4 rings (SSSR count). The van der Waals surface area contributed by atoms with Gasteiger partial charge in [-0.3, -0.25) is 0 Å². The molecular formula is C22H27BO5. The Morgan fingerprint density at radius 2 is 1.64 bits per heavy atom. The minimum Gasteiger partial charge on any atom is -0.489 e. The maximum absolute atomic E-state index is 6.19. The third-order valence-electron chi connectivity index (χ3n) is 5.79. The van der Waals surface area contributed by atoms with Crippen LogP contribution < -0.4 is 10.2 Å². The molecule has 2 aliphatic rings. The molecule has 6 heteroatoms. The summed E-state index contributed by atoms with van der Waals surface area (Å²) in [5.74, 6) is 0.786. The predicted octanol–water partition coefficient (Wildman–Crippen LogP) is 3.61. The van der Waals surface area contributed by atoms with Crippen LogP contribution in [0, 0.1) is 0 Å². The van der Waals surface area contributed by atoms with E-state index in [1.807, 2.05) is 48.5 Å². The van der Waals surface area contributed by atoms with Crippen LogP contribution in [0.25, 0.3) is 0 Å². The summed E-state index contributed by atoms with van der Waals surface area (Å²) in [6, 6.07) is 16.1. The van der Waals surface area contributed by atoms with Gasteiger partial charge in [-0.05, 0) is 44.8 Å².